The van der Waals surface area contributed by atoms with Gasteiger partial charge in [-0.15, -0.1) is 0 Å². The van der Waals surface area contributed by atoms with Crippen LogP contribution in [0.1, 0.15) is 35.7 Å². The Morgan fingerprint density at radius 1 is 1.29 bits per heavy atom. The summed E-state index contributed by atoms with van der Waals surface area (Å²) in [4.78, 5) is 22.3. The Labute approximate surface area is 101 Å². The summed E-state index contributed by atoms with van der Waals surface area (Å²) >= 11 is 0. The fraction of sp³-hybridized carbons (Fsp3) is 0.385. The second kappa shape index (κ2) is 6.68. The highest BCUT2D eigenvalue weighted by atomic mass is 16.4. The molecule has 0 spiro atoms. The number of nitrogens with one attached hydrogen (secondary N) is 1. The molecule has 0 saturated carbocycles. The monoisotopic (exact) mass is 235 g/mol. The number of hydrogen-bond acceptors (Lipinski definition) is 2. The molecule has 0 aliphatic rings. The standard InChI is InChI=1S/C13H17NO3/c1-2-9-14-12(15)8-7-10-5-3-4-6-11(10)13(16)17/h3-6H,2,7-9H2,1H3,(H,14,15)(H,16,17). The Balaban J connectivity index is 2.57. The largest absolute Gasteiger partial charge is 0.478 e. The fourth-order valence-corrected chi connectivity index (χ4v) is 1.55. The molecule has 1 aromatic rings. The first-order valence-electron chi connectivity index (χ1n) is 5.73. The zero-order valence-electron chi connectivity index (χ0n) is 9.90. The van der Waals surface area contributed by atoms with E-state index >= 15 is 0 Å². The zero-order chi connectivity index (χ0) is 12.7. The maximum absolute atomic E-state index is 11.4. The van der Waals surface area contributed by atoms with Gasteiger partial charge in [0.15, 0.2) is 0 Å². The van der Waals surface area contributed by atoms with Crippen LogP contribution in [0, 0.1) is 0 Å². The van der Waals surface area contributed by atoms with Gasteiger partial charge in [0.1, 0.15) is 0 Å². The molecule has 0 atom stereocenters. The molecule has 0 bridgehead atoms. The second-order valence-electron chi connectivity index (χ2n) is 3.81. The molecule has 0 aromatic heterocycles. The first-order valence-corrected chi connectivity index (χ1v) is 5.73. The van der Waals surface area contributed by atoms with Gasteiger partial charge in [0.2, 0.25) is 5.91 Å². The lowest BCUT2D eigenvalue weighted by molar-refractivity contribution is -0.121. The van der Waals surface area contributed by atoms with Crippen molar-refractivity contribution in [2.45, 2.75) is 26.2 Å². The summed E-state index contributed by atoms with van der Waals surface area (Å²) in [7, 11) is 0. The molecular weight excluding hydrogens is 218 g/mol. The molecule has 17 heavy (non-hydrogen) atoms. The van der Waals surface area contributed by atoms with Crippen LogP contribution in [0.3, 0.4) is 0 Å². The van der Waals surface area contributed by atoms with E-state index in [1.807, 2.05) is 6.92 Å². The van der Waals surface area contributed by atoms with Crippen LogP contribution in [0.15, 0.2) is 24.3 Å². The van der Waals surface area contributed by atoms with E-state index in [9.17, 15) is 9.59 Å². The van der Waals surface area contributed by atoms with Crippen LogP contribution in [0.5, 0.6) is 0 Å². The third-order valence-corrected chi connectivity index (χ3v) is 2.44. The predicted octanol–water partition coefficient (Wildman–Crippen LogP) is 1.84. The van der Waals surface area contributed by atoms with Crippen LogP contribution in [0.2, 0.25) is 0 Å². The number of carboxylic acid groups (broad SMARTS) is 1. The molecule has 4 nitrogen and oxygen atoms in total. The molecule has 0 saturated heterocycles. The average molecular weight is 235 g/mol. The Bertz CT molecular complexity index is 401. The SMILES string of the molecule is CCCNC(=O)CCc1ccccc1C(=O)O. The van der Waals surface area contributed by atoms with Gasteiger partial charge < -0.3 is 10.4 Å². The number of carbonyl (C=O) groups is 2. The molecule has 0 fully saturated rings. The number of carboxylic acids is 1. The zero-order valence-corrected chi connectivity index (χ0v) is 9.90. The van der Waals surface area contributed by atoms with E-state index in [0.29, 0.717) is 24.9 Å². The highest BCUT2D eigenvalue weighted by Gasteiger charge is 2.10. The van der Waals surface area contributed by atoms with E-state index in [1.54, 1.807) is 24.3 Å². The van der Waals surface area contributed by atoms with Crippen molar-refractivity contribution < 1.29 is 14.7 Å². The number of carbonyl (C=O) groups excluding carboxylic acids is 1. The molecule has 2 N–H and O–H groups in total. The molecule has 0 radical (unpaired) electrons. The van der Waals surface area contributed by atoms with Gasteiger partial charge in [-0.1, -0.05) is 25.1 Å². The van der Waals surface area contributed by atoms with Gasteiger partial charge in [-0.3, -0.25) is 4.79 Å². The van der Waals surface area contributed by atoms with Crippen LogP contribution in [0.25, 0.3) is 0 Å². The number of rotatable bonds is 6. The minimum absolute atomic E-state index is 0.0351. The van der Waals surface area contributed by atoms with Crippen molar-refractivity contribution in [2.75, 3.05) is 6.54 Å². The Hall–Kier alpha value is -1.84. The summed E-state index contributed by atoms with van der Waals surface area (Å²) in [6.45, 7) is 2.65. The van der Waals surface area contributed by atoms with E-state index in [1.165, 1.54) is 0 Å². The molecule has 0 aliphatic heterocycles. The molecule has 92 valence electrons. The third kappa shape index (κ3) is 4.26. The van der Waals surface area contributed by atoms with Gasteiger partial charge in [0, 0.05) is 13.0 Å². The molecule has 1 amide bonds. The Kier molecular flexibility index (Phi) is 5.20. The molecule has 1 aromatic carbocycles. The van der Waals surface area contributed by atoms with Crippen molar-refractivity contribution in [3.05, 3.63) is 35.4 Å². The Morgan fingerprint density at radius 3 is 2.65 bits per heavy atom. The van der Waals surface area contributed by atoms with Crippen LogP contribution in [-0.2, 0) is 11.2 Å². The van der Waals surface area contributed by atoms with Gasteiger partial charge >= 0.3 is 5.97 Å². The van der Waals surface area contributed by atoms with Gasteiger partial charge in [0.25, 0.3) is 0 Å². The smallest absolute Gasteiger partial charge is 0.335 e. The summed E-state index contributed by atoms with van der Waals surface area (Å²) in [6, 6.07) is 6.77. The van der Waals surface area contributed by atoms with E-state index < -0.39 is 5.97 Å². The quantitative estimate of drug-likeness (QED) is 0.790. The van der Waals surface area contributed by atoms with E-state index in [0.717, 1.165) is 6.42 Å². The van der Waals surface area contributed by atoms with Gasteiger partial charge in [-0.05, 0) is 24.5 Å². The highest BCUT2D eigenvalue weighted by molar-refractivity contribution is 5.89. The number of amides is 1. The van der Waals surface area contributed by atoms with Crippen LogP contribution < -0.4 is 5.32 Å². The van der Waals surface area contributed by atoms with Gasteiger partial charge in [-0.2, -0.15) is 0 Å². The molecule has 0 unspecified atom stereocenters. The molecule has 0 aliphatic carbocycles. The van der Waals surface area contributed by atoms with E-state index in [-0.39, 0.29) is 11.5 Å². The Morgan fingerprint density at radius 2 is 2.00 bits per heavy atom. The number of hydrogen-bond donors (Lipinski definition) is 2. The van der Waals surface area contributed by atoms with E-state index in [4.69, 9.17) is 5.11 Å². The molecule has 1 rings (SSSR count). The summed E-state index contributed by atoms with van der Waals surface area (Å²) < 4.78 is 0. The summed E-state index contributed by atoms with van der Waals surface area (Å²) in [5.74, 6) is -0.985. The average Bonchev–Trinajstić information content (AvgIpc) is 2.34. The minimum Gasteiger partial charge on any atom is -0.478 e. The fourth-order valence-electron chi connectivity index (χ4n) is 1.55. The van der Waals surface area contributed by atoms with Crippen LogP contribution in [-0.4, -0.2) is 23.5 Å². The third-order valence-electron chi connectivity index (χ3n) is 2.44. The van der Waals surface area contributed by atoms with Crippen molar-refractivity contribution in [1.82, 2.24) is 5.32 Å². The normalized spacial score (nSPS) is 9.94. The van der Waals surface area contributed by atoms with Gasteiger partial charge in [0.05, 0.1) is 5.56 Å². The van der Waals surface area contributed by atoms with Crippen LogP contribution >= 0.6 is 0 Å². The lowest BCUT2D eigenvalue weighted by atomic mass is 10.0. The van der Waals surface area contributed by atoms with Crippen molar-refractivity contribution >= 4 is 11.9 Å². The van der Waals surface area contributed by atoms with E-state index in [2.05, 4.69) is 5.32 Å². The topological polar surface area (TPSA) is 66.4 Å². The number of aryl methyl sites for hydroxylation is 1. The summed E-state index contributed by atoms with van der Waals surface area (Å²) in [5, 5.41) is 11.7. The lowest BCUT2D eigenvalue weighted by Crippen LogP contribution is -2.24. The maximum atomic E-state index is 11.4. The lowest BCUT2D eigenvalue weighted by Gasteiger charge is -2.06. The number of benzene rings is 1. The summed E-state index contributed by atoms with van der Waals surface area (Å²) in [5.41, 5.74) is 0.974. The van der Waals surface area contributed by atoms with Crippen LogP contribution in [0.4, 0.5) is 0 Å². The van der Waals surface area contributed by atoms with Crippen molar-refractivity contribution in [3.8, 4) is 0 Å². The van der Waals surface area contributed by atoms with Gasteiger partial charge in [-0.25, -0.2) is 4.79 Å². The second-order valence-corrected chi connectivity index (χ2v) is 3.81. The first-order chi connectivity index (χ1) is 8.15. The summed E-state index contributed by atoms with van der Waals surface area (Å²) in [6.07, 6.45) is 1.68. The maximum Gasteiger partial charge on any atom is 0.335 e. The number of aromatic carboxylic acids is 1. The molecule has 0 heterocycles. The highest BCUT2D eigenvalue weighted by Crippen LogP contribution is 2.11. The van der Waals surface area contributed by atoms with Crippen molar-refractivity contribution in [3.63, 3.8) is 0 Å². The van der Waals surface area contributed by atoms with Crippen molar-refractivity contribution in [1.29, 1.82) is 0 Å². The molecular formula is C13H17NO3. The minimum atomic E-state index is -0.949. The predicted molar refractivity (Wildman–Crippen MR) is 65.0 cm³/mol. The van der Waals surface area contributed by atoms with Crippen molar-refractivity contribution in [2.24, 2.45) is 0 Å². The first kappa shape index (κ1) is 13.2. The molecule has 4 heteroatoms.